The molecule has 0 amide bonds. The summed E-state index contributed by atoms with van der Waals surface area (Å²) in [5.74, 6) is 0. The first kappa shape index (κ1) is 16.7. The summed E-state index contributed by atoms with van der Waals surface area (Å²) in [6.07, 6.45) is 2.67. The molecule has 0 rings (SSSR count). The lowest BCUT2D eigenvalue weighted by Gasteiger charge is -2.23. The molecule has 0 unspecified atom stereocenters. The summed E-state index contributed by atoms with van der Waals surface area (Å²) in [4.78, 5) is 0. The van der Waals surface area contributed by atoms with Crippen molar-refractivity contribution in [2.24, 2.45) is 0 Å². The topological polar surface area (TPSA) is 31.5 Å². The predicted octanol–water partition coefficient (Wildman–Crippen LogP) is -2.33. The summed E-state index contributed by atoms with van der Waals surface area (Å²) in [6.45, 7) is 3.53. The van der Waals surface area contributed by atoms with Gasteiger partial charge in [-0.15, -0.1) is 0 Å². The largest absolute Gasteiger partial charge is 1.00 e. The lowest BCUT2D eigenvalue weighted by molar-refractivity contribution is -0.870. The molecule has 0 atom stereocenters. The molecule has 2 nitrogen and oxygen atoms in total. The van der Waals surface area contributed by atoms with Gasteiger partial charge in [0.25, 0.3) is 0 Å². The van der Waals surface area contributed by atoms with Crippen LogP contribution in [0.4, 0.5) is 0 Å². The average molecular weight is 170 g/mol. The van der Waals surface area contributed by atoms with E-state index in [4.69, 9.17) is 0 Å². The molecule has 10 heavy (non-hydrogen) atoms. The van der Waals surface area contributed by atoms with Gasteiger partial charge in [-0.1, -0.05) is 13.3 Å². The summed E-state index contributed by atoms with van der Waals surface area (Å²) in [5.41, 5.74) is 0. The second-order valence-electron chi connectivity index (χ2n) is 3.37. The van der Waals surface area contributed by atoms with Crippen LogP contribution in [0.1, 0.15) is 19.8 Å². The molecule has 0 aromatic heterocycles. The minimum Gasteiger partial charge on any atom is -1.00 e. The highest BCUT2D eigenvalue weighted by Gasteiger charge is 2.02. The SMILES string of the molecule is CCCC[N+](C)(C)C.O.[Cl-]. The molecule has 0 saturated carbocycles. The van der Waals surface area contributed by atoms with Crippen LogP contribution >= 0.6 is 0 Å². The van der Waals surface area contributed by atoms with Crippen LogP contribution in [0.5, 0.6) is 0 Å². The van der Waals surface area contributed by atoms with Gasteiger partial charge in [0, 0.05) is 0 Å². The van der Waals surface area contributed by atoms with Crippen LogP contribution in [0.25, 0.3) is 0 Å². The van der Waals surface area contributed by atoms with Crippen molar-refractivity contribution < 1.29 is 22.4 Å². The molecule has 0 aromatic carbocycles. The Balaban J connectivity index is -0.000000245. The van der Waals surface area contributed by atoms with Crippen molar-refractivity contribution >= 4 is 0 Å². The first-order valence-electron chi connectivity index (χ1n) is 3.36. The minimum atomic E-state index is 0. The number of hydrogen-bond donors (Lipinski definition) is 0. The molecular weight excluding hydrogens is 150 g/mol. The van der Waals surface area contributed by atoms with Crippen molar-refractivity contribution in [3.8, 4) is 0 Å². The molecule has 0 aliphatic carbocycles. The van der Waals surface area contributed by atoms with Crippen molar-refractivity contribution in [2.75, 3.05) is 27.7 Å². The Bertz CT molecular complexity index is 61.1. The third kappa shape index (κ3) is 15.7. The second-order valence-corrected chi connectivity index (χ2v) is 3.37. The van der Waals surface area contributed by atoms with Crippen LogP contribution < -0.4 is 12.4 Å². The monoisotopic (exact) mass is 169 g/mol. The van der Waals surface area contributed by atoms with E-state index in [1.54, 1.807) is 0 Å². The third-order valence-corrected chi connectivity index (χ3v) is 1.18. The van der Waals surface area contributed by atoms with Crippen LogP contribution in [-0.2, 0) is 0 Å². The van der Waals surface area contributed by atoms with E-state index >= 15 is 0 Å². The maximum atomic E-state index is 2.23. The third-order valence-electron chi connectivity index (χ3n) is 1.18. The molecular formula is C7H20ClNO. The van der Waals surface area contributed by atoms with E-state index in [1.165, 1.54) is 19.4 Å². The normalized spacial score (nSPS) is 9.60. The molecule has 3 heteroatoms. The Morgan fingerprint density at radius 2 is 1.50 bits per heavy atom. The number of quaternary nitrogens is 1. The van der Waals surface area contributed by atoms with Gasteiger partial charge in [-0.25, -0.2) is 0 Å². The quantitative estimate of drug-likeness (QED) is 0.425. The first-order valence-corrected chi connectivity index (χ1v) is 3.36. The minimum absolute atomic E-state index is 0. The number of rotatable bonds is 3. The molecule has 0 heterocycles. The van der Waals surface area contributed by atoms with Crippen LogP contribution in [0.15, 0.2) is 0 Å². The van der Waals surface area contributed by atoms with Gasteiger partial charge in [-0.2, -0.15) is 0 Å². The van der Waals surface area contributed by atoms with Crippen molar-refractivity contribution in [1.82, 2.24) is 0 Å². The molecule has 0 saturated heterocycles. The van der Waals surface area contributed by atoms with Crippen LogP contribution in [0.2, 0.25) is 0 Å². The van der Waals surface area contributed by atoms with Gasteiger partial charge >= 0.3 is 0 Å². The molecule has 2 N–H and O–H groups in total. The fourth-order valence-electron chi connectivity index (χ4n) is 0.632. The highest BCUT2D eigenvalue weighted by molar-refractivity contribution is 4.29. The van der Waals surface area contributed by atoms with Crippen LogP contribution in [0, 0.1) is 0 Å². The first-order chi connectivity index (χ1) is 3.56. The van der Waals surface area contributed by atoms with Gasteiger partial charge in [-0.05, 0) is 6.42 Å². The van der Waals surface area contributed by atoms with E-state index in [1.807, 2.05) is 0 Å². The van der Waals surface area contributed by atoms with Gasteiger partial charge in [0.05, 0.1) is 27.7 Å². The Kier molecular flexibility index (Phi) is 12.2. The standard InChI is InChI=1S/C7H18N.ClH.H2O/c1-5-6-7-8(2,3)4;;/h5-7H2,1-4H3;1H;1H2/q+1;;/p-1. The van der Waals surface area contributed by atoms with Gasteiger partial charge in [-0.3, -0.25) is 0 Å². The predicted molar refractivity (Wildman–Crippen MR) is 41.4 cm³/mol. The summed E-state index contributed by atoms with van der Waals surface area (Å²) >= 11 is 0. The fraction of sp³-hybridized carbons (Fsp3) is 1.00. The molecule has 0 fully saturated rings. The summed E-state index contributed by atoms with van der Waals surface area (Å²) < 4.78 is 1.10. The van der Waals surface area contributed by atoms with E-state index < -0.39 is 0 Å². The van der Waals surface area contributed by atoms with Crippen molar-refractivity contribution in [3.05, 3.63) is 0 Å². The zero-order valence-electron chi connectivity index (χ0n) is 7.45. The number of nitrogens with zero attached hydrogens (tertiary/aromatic N) is 1. The van der Waals surface area contributed by atoms with Crippen molar-refractivity contribution in [3.63, 3.8) is 0 Å². The molecule has 66 valence electrons. The van der Waals surface area contributed by atoms with Crippen LogP contribution in [0.3, 0.4) is 0 Å². The zero-order chi connectivity index (χ0) is 6.62. The summed E-state index contributed by atoms with van der Waals surface area (Å²) in [5, 5.41) is 0. The Labute approximate surface area is 70.5 Å². The lowest BCUT2D eigenvalue weighted by Crippen LogP contribution is -3.00. The van der Waals surface area contributed by atoms with E-state index in [9.17, 15) is 0 Å². The molecule has 0 aliphatic rings. The van der Waals surface area contributed by atoms with Gasteiger partial charge < -0.3 is 22.4 Å². The fourth-order valence-corrected chi connectivity index (χ4v) is 0.632. The van der Waals surface area contributed by atoms with Crippen molar-refractivity contribution in [2.45, 2.75) is 19.8 Å². The highest BCUT2D eigenvalue weighted by Crippen LogP contribution is 1.94. The van der Waals surface area contributed by atoms with Gasteiger partial charge in [0.1, 0.15) is 0 Å². The van der Waals surface area contributed by atoms with Gasteiger partial charge in [0.15, 0.2) is 0 Å². The van der Waals surface area contributed by atoms with E-state index in [-0.39, 0.29) is 17.9 Å². The summed E-state index contributed by atoms with van der Waals surface area (Å²) in [6, 6.07) is 0. The maximum Gasteiger partial charge on any atom is 0.0780 e. The Hall–Kier alpha value is 0.210. The molecule has 0 aliphatic heterocycles. The number of unbranched alkanes of at least 4 members (excludes halogenated alkanes) is 1. The van der Waals surface area contributed by atoms with E-state index in [0.717, 1.165) is 4.48 Å². The molecule has 0 aromatic rings. The lowest BCUT2D eigenvalue weighted by atomic mass is 10.3. The highest BCUT2D eigenvalue weighted by atomic mass is 35.5. The van der Waals surface area contributed by atoms with Gasteiger partial charge in [0.2, 0.25) is 0 Å². The smallest absolute Gasteiger partial charge is 0.0780 e. The average Bonchev–Trinajstić information content (AvgIpc) is 1.59. The summed E-state index contributed by atoms with van der Waals surface area (Å²) in [7, 11) is 6.70. The Morgan fingerprint density at radius 3 is 1.60 bits per heavy atom. The number of hydrogen-bond acceptors (Lipinski definition) is 0. The van der Waals surface area contributed by atoms with Crippen molar-refractivity contribution in [1.29, 1.82) is 0 Å². The van der Waals surface area contributed by atoms with Crippen LogP contribution in [-0.4, -0.2) is 37.6 Å². The second kappa shape index (κ2) is 7.32. The van der Waals surface area contributed by atoms with E-state index in [0.29, 0.717) is 0 Å². The number of halogens is 1. The Morgan fingerprint density at radius 1 is 1.10 bits per heavy atom. The van der Waals surface area contributed by atoms with E-state index in [2.05, 4.69) is 28.1 Å². The molecule has 0 radical (unpaired) electrons. The molecule has 0 bridgehead atoms. The molecule has 0 spiro atoms. The zero-order valence-corrected chi connectivity index (χ0v) is 8.20. The maximum absolute atomic E-state index is 2.23.